The van der Waals surface area contributed by atoms with Crippen LogP contribution in [0.25, 0.3) is 5.69 Å². The van der Waals surface area contributed by atoms with Crippen molar-refractivity contribution in [2.75, 3.05) is 13.1 Å². The van der Waals surface area contributed by atoms with Gasteiger partial charge in [0.15, 0.2) is 0 Å². The molecule has 0 bridgehead atoms. The highest BCUT2D eigenvalue weighted by molar-refractivity contribution is 6.32. The summed E-state index contributed by atoms with van der Waals surface area (Å²) < 4.78 is 1.68. The molecule has 2 atom stereocenters. The van der Waals surface area contributed by atoms with Crippen LogP contribution in [-0.4, -0.2) is 44.7 Å². The molecule has 6 nitrogen and oxygen atoms in total. The number of halogens is 1. The van der Waals surface area contributed by atoms with Gasteiger partial charge in [-0.1, -0.05) is 37.6 Å². The zero-order chi connectivity index (χ0) is 18.1. The van der Waals surface area contributed by atoms with Gasteiger partial charge in [-0.05, 0) is 37.9 Å². The molecule has 134 valence electrons. The molecule has 0 saturated carbocycles. The quantitative estimate of drug-likeness (QED) is 0.908. The van der Waals surface area contributed by atoms with Crippen LogP contribution in [0.5, 0.6) is 0 Å². The van der Waals surface area contributed by atoms with Crippen LogP contribution in [0.2, 0.25) is 5.02 Å². The van der Waals surface area contributed by atoms with Crippen LogP contribution in [0.4, 0.5) is 0 Å². The molecule has 3 rings (SSSR count). The van der Waals surface area contributed by atoms with Gasteiger partial charge in [-0.2, -0.15) is 0 Å². The second-order valence-electron chi connectivity index (χ2n) is 6.96. The number of nitrogens with two attached hydrogens (primary N) is 1. The van der Waals surface area contributed by atoms with Crippen LogP contribution >= 0.6 is 11.6 Å². The molecule has 1 aliphatic rings. The van der Waals surface area contributed by atoms with Crippen molar-refractivity contribution in [3.8, 4) is 5.69 Å². The number of amides is 1. The summed E-state index contributed by atoms with van der Waals surface area (Å²) in [6.07, 6.45) is 0.921. The van der Waals surface area contributed by atoms with Crippen molar-refractivity contribution < 1.29 is 4.79 Å². The third-order valence-electron chi connectivity index (χ3n) is 4.68. The maximum atomic E-state index is 12.9. The van der Waals surface area contributed by atoms with Crippen LogP contribution < -0.4 is 5.73 Å². The molecular weight excluding hydrogens is 338 g/mol. The fourth-order valence-electron chi connectivity index (χ4n) is 3.31. The lowest BCUT2D eigenvalue weighted by Gasteiger charge is -2.19. The Kier molecular flexibility index (Phi) is 5.11. The number of carbonyl (C=O) groups is 1. The summed E-state index contributed by atoms with van der Waals surface area (Å²) in [5, 5.41) is 5.07. The number of likely N-dealkylation sites (tertiary alicyclic amines) is 1. The standard InChI is InChI=1S/C18H24ClN5O/c1-11(2)17-21-16(18(25)23-10-13(9-20)8-12(23)3)22-24(17)15-7-5-4-6-14(15)19/h4-7,11-13H,8-10,20H2,1-3H3. The summed E-state index contributed by atoms with van der Waals surface area (Å²) in [6, 6.07) is 7.58. The minimum atomic E-state index is -0.142. The molecule has 1 amide bonds. The van der Waals surface area contributed by atoms with Gasteiger partial charge in [-0.25, -0.2) is 9.67 Å². The van der Waals surface area contributed by atoms with Gasteiger partial charge in [0.05, 0.1) is 10.7 Å². The average Bonchev–Trinajstić information content (AvgIpc) is 3.18. The van der Waals surface area contributed by atoms with E-state index in [1.54, 1.807) is 10.7 Å². The van der Waals surface area contributed by atoms with E-state index in [9.17, 15) is 4.79 Å². The first-order valence-electron chi connectivity index (χ1n) is 8.65. The Morgan fingerprint density at radius 2 is 2.12 bits per heavy atom. The summed E-state index contributed by atoms with van der Waals surface area (Å²) in [7, 11) is 0. The van der Waals surface area contributed by atoms with Crippen LogP contribution in [0.15, 0.2) is 24.3 Å². The second-order valence-corrected chi connectivity index (χ2v) is 7.36. The number of rotatable bonds is 4. The first-order valence-corrected chi connectivity index (χ1v) is 9.03. The normalized spacial score (nSPS) is 20.5. The maximum Gasteiger partial charge on any atom is 0.293 e. The predicted molar refractivity (Wildman–Crippen MR) is 98.1 cm³/mol. The van der Waals surface area contributed by atoms with Crippen molar-refractivity contribution in [3.05, 3.63) is 40.9 Å². The van der Waals surface area contributed by atoms with E-state index in [1.165, 1.54) is 0 Å². The molecule has 1 aliphatic heterocycles. The van der Waals surface area contributed by atoms with Gasteiger partial charge in [0.2, 0.25) is 5.82 Å². The molecule has 2 heterocycles. The lowest BCUT2D eigenvalue weighted by atomic mass is 10.1. The van der Waals surface area contributed by atoms with E-state index in [2.05, 4.69) is 10.1 Å². The summed E-state index contributed by atoms with van der Waals surface area (Å²) in [5.41, 5.74) is 6.50. The summed E-state index contributed by atoms with van der Waals surface area (Å²) >= 11 is 6.31. The van der Waals surface area contributed by atoms with E-state index < -0.39 is 0 Å². The first kappa shape index (κ1) is 17.9. The number of hydrogen-bond donors (Lipinski definition) is 1. The molecule has 1 aromatic heterocycles. The molecule has 7 heteroatoms. The Bertz CT molecular complexity index is 773. The number of carbonyl (C=O) groups excluding carboxylic acids is 1. The lowest BCUT2D eigenvalue weighted by molar-refractivity contribution is 0.0731. The molecule has 2 unspecified atom stereocenters. The predicted octanol–water partition coefficient (Wildman–Crippen LogP) is 2.85. The number of aromatic nitrogens is 3. The summed E-state index contributed by atoms with van der Waals surface area (Å²) in [6.45, 7) is 7.34. The van der Waals surface area contributed by atoms with E-state index in [0.29, 0.717) is 24.0 Å². The molecule has 1 fully saturated rings. The van der Waals surface area contributed by atoms with E-state index in [1.807, 2.05) is 43.9 Å². The van der Waals surface area contributed by atoms with Crippen LogP contribution in [0, 0.1) is 5.92 Å². The van der Waals surface area contributed by atoms with Gasteiger partial charge in [0.1, 0.15) is 5.82 Å². The number of benzene rings is 1. The Hall–Kier alpha value is -1.92. The first-order chi connectivity index (χ1) is 11.9. The molecule has 0 radical (unpaired) electrons. The second kappa shape index (κ2) is 7.14. The summed E-state index contributed by atoms with van der Waals surface area (Å²) in [4.78, 5) is 19.3. The zero-order valence-electron chi connectivity index (χ0n) is 14.8. The van der Waals surface area contributed by atoms with Crippen molar-refractivity contribution in [1.82, 2.24) is 19.7 Å². The highest BCUT2D eigenvalue weighted by atomic mass is 35.5. The fraction of sp³-hybridized carbons (Fsp3) is 0.500. The Morgan fingerprint density at radius 1 is 1.40 bits per heavy atom. The van der Waals surface area contributed by atoms with E-state index in [4.69, 9.17) is 17.3 Å². The van der Waals surface area contributed by atoms with Gasteiger partial charge < -0.3 is 10.6 Å². The van der Waals surface area contributed by atoms with Gasteiger partial charge in [-0.15, -0.1) is 5.10 Å². The number of hydrogen-bond acceptors (Lipinski definition) is 4. The Morgan fingerprint density at radius 3 is 2.72 bits per heavy atom. The van der Waals surface area contributed by atoms with Gasteiger partial charge >= 0.3 is 0 Å². The Balaban J connectivity index is 1.97. The lowest BCUT2D eigenvalue weighted by Crippen LogP contribution is -2.35. The van der Waals surface area contributed by atoms with Crippen molar-refractivity contribution >= 4 is 17.5 Å². The third-order valence-corrected chi connectivity index (χ3v) is 5.00. The molecule has 2 N–H and O–H groups in total. The fourth-order valence-corrected chi connectivity index (χ4v) is 3.53. The SMILES string of the molecule is CC(C)c1nc(C(=O)N2CC(CN)CC2C)nn1-c1ccccc1Cl. The largest absolute Gasteiger partial charge is 0.333 e. The molecule has 1 aromatic carbocycles. The monoisotopic (exact) mass is 361 g/mol. The number of para-hydroxylation sites is 1. The van der Waals surface area contributed by atoms with E-state index in [0.717, 1.165) is 17.9 Å². The average molecular weight is 362 g/mol. The maximum absolute atomic E-state index is 12.9. The van der Waals surface area contributed by atoms with Crippen molar-refractivity contribution in [2.24, 2.45) is 11.7 Å². The zero-order valence-corrected chi connectivity index (χ0v) is 15.6. The smallest absolute Gasteiger partial charge is 0.293 e. The molecule has 0 spiro atoms. The van der Waals surface area contributed by atoms with Gasteiger partial charge in [-0.3, -0.25) is 4.79 Å². The molecule has 0 aliphatic carbocycles. The van der Waals surface area contributed by atoms with E-state index in [-0.39, 0.29) is 23.7 Å². The minimum absolute atomic E-state index is 0.109. The third kappa shape index (κ3) is 3.41. The number of nitrogens with zero attached hydrogens (tertiary/aromatic N) is 4. The van der Waals surface area contributed by atoms with Crippen LogP contribution in [0.1, 0.15) is 49.6 Å². The van der Waals surface area contributed by atoms with Crippen molar-refractivity contribution in [3.63, 3.8) is 0 Å². The van der Waals surface area contributed by atoms with Gasteiger partial charge in [0, 0.05) is 18.5 Å². The topological polar surface area (TPSA) is 77.0 Å². The highest BCUT2D eigenvalue weighted by Gasteiger charge is 2.34. The van der Waals surface area contributed by atoms with Gasteiger partial charge in [0.25, 0.3) is 5.91 Å². The van der Waals surface area contributed by atoms with E-state index >= 15 is 0 Å². The molecular formula is C18H24ClN5O. The molecule has 2 aromatic rings. The Labute approximate surface area is 153 Å². The van der Waals surface area contributed by atoms with Crippen molar-refractivity contribution in [1.29, 1.82) is 0 Å². The summed E-state index contributed by atoms with van der Waals surface area (Å²) in [5.74, 6) is 1.25. The molecule has 25 heavy (non-hydrogen) atoms. The van der Waals surface area contributed by atoms with Crippen LogP contribution in [-0.2, 0) is 0 Å². The minimum Gasteiger partial charge on any atom is -0.333 e. The highest BCUT2D eigenvalue weighted by Crippen LogP contribution is 2.26. The van der Waals surface area contributed by atoms with Crippen molar-refractivity contribution in [2.45, 2.75) is 39.2 Å². The molecule has 1 saturated heterocycles. The van der Waals surface area contributed by atoms with Crippen LogP contribution in [0.3, 0.4) is 0 Å².